The number of hydrogen-bond acceptors (Lipinski definition) is 1. The molecule has 2 aromatic carbocycles. The molecule has 0 saturated carbocycles. The second-order valence-electron chi connectivity index (χ2n) is 2.79. The van der Waals surface area contributed by atoms with Crippen molar-refractivity contribution in [3.63, 3.8) is 0 Å². The van der Waals surface area contributed by atoms with Gasteiger partial charge in [-0.25, -0.2) is 4.39 Å². The summed E-state index contributed by atoms with van der Waals surface area (Å²) in [7, 11) is 0. The van der Waals surface area contributed by atoms with Crippen LogP contribution >= 0.6 is 0 Å². The third-order valence-corrected chi connectivity index (χ3v) is 1.71. The molecule has 0 atom stereocenters. The minimum Gasteiger partial charge on any atom is -0.457 e. The fourth-order valence-electron chi connectivity index (χ4n) is 1.09. The zero-order chi connectivity index (χ0) is 9.80. The summed E-state index contributed by atoms with van der Waals surface area (Å²) in [5.41, 5.74) is 0. The average Bonchev–Trinajstić information content (AvgIpc) is 2.19. The molecule has 2 rings (SSSR count). The minimum atomic E-state index is -0.324. The molecule has 0 saturated heterocycles. The van der Waals surface area contributed by atoms with E-state index in [9.17, 15) is 4.39 Å². The Morgan fingerprint density at radius 3 is 2.57 bits per heavy atom. The monoisotopic (exact) mass is 187 g/mol. The van der Waals surface area contributed by atoms with Crippen LogP contribution in [0.15, 0.2) is 48.5 Å². The lowest BCUT2D eigenvalue weighted by Gasteiger charge is -2.03. The molecule has 0 unspecified atom stereocenters. The molecule has 1 radical (unpaired) electrons. The van der Waals surface area contributed by atoms with E-state index >= 15 is 0 Å². The van der Waals surface area contributed by atoms with Gasteiger partial charge in [0.05, 0.1) is 0 Å². The lowest BCUT2D eigenvalue weighted by atomic mass is 10.3. The molecule has 2 aromatic rings. The first-order valence-corrected chi connectivity index (χ1v) is 4.25. The molecule has 69 valence electrons. The lowest BCUT2D eigenvalue weighted by Crippen LogP contribution is -1.84. The second-order valence-corrected chi connectivity index (χ2v) is 2.79. The first-order valence-electron chi connectivity index (χ1n) is 4.25. The van der Waals surface area contributed by atoms with Crippen LogP contribution in [0.1, 0.15) is 0 Å². The van der Waals surface area contributed by atoms with Crippen LogP contribution in [0.25, 0.3) is 0 Å². The van der Waals surface area contributed by atoms with Gasteiger partial charge >= 0.3 is 0 Å². The van der Waals surface area contributed by atoms with Gasteiger partial charge < -0.3 is 4.74 Å². The van der Waals surface area contributed by atoms with Crippen molar-refractivity contribution in [2.24, 2.45) is 0 Å². The van der Waals surface area contributed by atoms with E-state index in [0.29, 0.717) is 11.5 Å². The number of halogens is 1. The number of para-hydroxylation sites is 1. The zero-order valence-electron chi connectivity index (χ0n) is 7.41. The van der Waals surface area contributed by atoms with Gasteiger partial charge in [-0.05, 0) is 24.3 Å². The molecule has 0 aliphatic rings. The van der Waals surface area contributed by atoms with E-state index in [1.807, 2.05) is 18.2 Å². The SMILES string of the molecule is Fc1cc[c]c(Oc2ccccc2)c1. The van der Waals surface area contributed by atoms with Crippen molar-refractivity contribution in [2.75, 3.05) is 0 Å². The van der Waals surface area contributed by atoms with E-state index in [1.165, 1.54) is 18.2 Å². The molecule has 0 spiro atoms. The summed E-state index contributed by atoms with van der Waals surface area (Å²) >= 11 is 0. The van der Waals surface area contributed by atoms with Gasteiger partial charge in [-0.1, -0.05) is 18.2 Å². The van der Waals surface area contributed by atoms with E-state index in [2.05, 4.69) is 6.07 Å². The molecule has 0 fully saturated rings. The highest BCUT2D eigenvalue weighted by atomic mass is 19.1. The molecule has 2 heteroatoms. The summed E-state index contributed by atoms with van der Waals surface area (Å²) < 4.78 is 18.1. The van der Waals surface area contributed by atoms with Crippen LogP contribution in [0, 0.1) is 11.9 Å². The van der Waals surface area contributed by atoms with Gasteiger partial charge in [0.25, 0.3) is 0 Å². The maximum absolute atomic E-state index is 12.8. The van der Waals surface area contributed by atoms with Crippen molar-refractivity contribution < 1.29 is 9.13 Å². The Kier molecular flexibility index (Phi) is 2.45. The molecule has 0 aromatic heterocycles. The van der Waals surface area contributed by atoms with Crippen LogP contribution in [-0.4, -0.2) is 0 Å². The maximum atomic E-state index is 12.8. The van der Waals surface area contributed by atoms with Crippen LogP contribution in [0.3, 0.4) is 0 Å². The Bertz CT molecular complexity index is 412. The van der Waals surface area contributed by atoms with Gasteiger partial charge in [0.1, 0.15) is 17.3 Å². The number of hydrogen-bond donors (Lipinski definition) is 0. The zero-order valence-corrected chi connectivity index (χ0v) is 7.41. The van der Waals surface area contributed by atoms with Crippen LogP contribution in [0.4, 0.5) is 4.39 Å². The van der Waals surface area contributed by atoms with Crippen LogP contribution in [0.2, 0.25) is 0 Å². The smallest absolute Gasteiger partial charge is 0.138 e. The molecular formula is C12H8FO. The highest BCUT2D eigenvalue weighted by Gasteiger charge is 1.97. The highest BCUT2D eigenvalue weighted by Crippen LogP contribution is 2.20. The van der Waals surface area contributed by atoms with Crippen molar-refractivity contribution >= 4 is 0 Å². The predicted molar refractivity (Wildman–Crippen MR) is 51.8 cm³/mol. The van der Waals surface area contributed by atoms with Crippen LogP contribution in [0.5, 0.6) is 11.5 Å². The van der Waals surface area contributed by atoms with Gasteiger partial charge in [-0.2, -0.15) is 0 Å². The van der Waals surface area contributed by atoms with Gasteiger partial charge in [-0.15, -0.1) is 0 Å². The molecule has 14 heavy (non-hydrogen) atoms. The van der Waals surface area contributed by atoms with E-state index in [-0.39, 0.29) is 5.82 Å². The molecule has 0 aliphatic carbocycles. The Morgan fingerprint density at radius 1 is 1.07 bits per heavy atom. The summed E-state index contributed by atoms with van der Waals surface area (Å²) in [6, 6.07) is 16.1. The van der Waals surface area contributed by atoms with E-state index < -0.39 is 0 Å². The fraction of sp³-hybridized carbons (Fsp3) is 0. The van der Waals surface area contributed by atoms with Crippen molar-refractivity contribution in [2.45, 2.75) is 0 Å². The first-order chi connectivity index (χ1) is 6.84. The highest BCUT2D eigenvalue weighted by molar-refractivity contribution is 5.29. The number of benzene rings is 2. The number of rotatable bonds is 2. The van der Waals surface area contributed by atoms with Gasteiger partial charge in [0.15, 0.2) is 0 Å². The normalized spacial score (nSPS) is 9.79. The standard InChI is InChI=1S/C12H8FO/c13-10-5-4-8-12(9-10)14-11-6-2-1-3-7-11/h1-7,9H. The quantitative estimate of drug-likeness (QED) is 0.700. The minimum absolute atomic E-state index is 0.324. The molecular weight excluding hydrogens is 179 g/mol. The fourth-order valence-corrected chi connectivity index (χ4v) is 1.09. The summed E-state index contributed by atoms with van der Waals surface area (Å²) in [5.74, 6) is 0.736. The predicted octanol–water partition coefficient (Wildman–Crippen LogP) is 3.42. The number of ether oxygens (including phenoxy) is 1. The Hall–Kier alpha value is -1.83. The van der Waals surface area contributed by atoms with Crippen molar-refractivity contribution in [3.05, 3.63) is 60.4 Å². The average molecular weight is 187 g/mol. The van der Waals surface area contributed by atoms with E-state index in [4.69, 9.17) is 4.74 Å². The Labute approximate surface area is 81.8 Å². The van der Waals surface area contributed by atoms with Crippen LogP contribution in [-0.2, 0) is 0 Å². The summed E-state index contributed by atoms with van der Waals surface area (Å²) in [6.07, 6.45) is 0. The Morgan fingerprint density at radius 2 is 1.86 bits per heavy atom. The first kappa shape index (κ1) is 8.75. The van der Waals surface area contributed by atoms with Crippen LogP contribution < -0.4 is 4.74 Å². The third-order valence-electron chi connectivity index (χ3n) is 1.71. The van der Waals surface area contributed by atoms with Gasteiger partial charge in [-0.3, -0.25) is 0 Å². The Balaban J connectivity index is 2.19. The topological polar surface area (TPSA) is 9.23 Å². The lowest BCUT2D eigenvalue weighted by molar-refractivity contribution is 0.476. The van der Waals surface area contributed by atoms with E-state index in [1.54, 1.807) is 12.1 Å². The second kappa shape index (κ2) is 3.92. The summed E-state index contributed by atoms with van der Waals surface area (Å²) in [5, 5.41) is 0. The molecule has 0 N–H and O–H groups in total. The third kappa shape index (κ3) is 2.10. The molecule has 0 heterocycles. The molecule has 0 amide bonds. The van der Waals surface area contributed by atoms with Gasteiger partial charge in [0.2, 0.25) is 0 Å². The maximum Gasteiger partial charge on any atom is 0.138 e. The van der Waals surface area contributed by atoms with Gasteiger partial charge in [0, 0.05) is 12.1 Å². The molecule has 1 nitrogen and oxygen atoms in total. The summed E-state index contributed by atoms with van der Waals surface area (Å²) in [4.78, 5) is 0. The largest absolute Gasteiger partial charge is 0.457 e. The van der Waals surface area contributed by atoms with E-state index in [0.717, 1.165) is 0 Å². The molecule has 0 bridgehead atoms. The molecule has 0 aliphatic heterocycles. The van der Waals surface area contributed by atoms with Crippen molar-refractivity contribution in [1.29, 1.82) is 0 Å². The van der Waals surface area contributed by atoms with Crippen molar-refractivity contribution in [3.8, 4) is 11.5 Å². The summed E-state index contributed by atoms with van der Waals surface area (Å²) in [6.45, 7) is 0. The van der Waals surface area contributed by atoms with Crippen molar-refractivity contribution in [1.82, 2.24) is 0 Å².